The summed E-state index contributed by atoms with van der Waals surface area (Å²) in [4.78, 5) is 20.7. The van der Waals surface area contributed by atoms with E-state index in [9.17, 15) is 4.79 Å². The molecule has 4 rings (SSSR count). The number of hydrogen-bond acceptors (Lipinski definition) is 8. The molecule has 1 aromatic carbocycles. The van der Waals surface area contributed by atoms with Crippen molar-refractivity contribution in [3.8, 4) is 5.88 Å². The van der Waals surface area contributed by atoms with Crippen LogP contribution in [0.1, 0.15) is 10.4 Å². The van der Waals surface area contributed by atoms with Crippen molar-refractivity contribution in [2.45, 2.75) is 29.6 Å². The molecule has 2 aliphatic heterocycles. The van der Waals surface area contributed by atoms with Crippen molar-refractivity contribution in [3.05, 3.63) is 48.2 Å². The summed E-state index contributed by atoms with van der Waals surface area (Å²) < 4.78 is 23.1. The lowest BCUT2D eigenvalue weighted by Crippen LogP contribution is -2.36. The molecule has 4 atom stereocenters. The Morgan fingerprint density at radius 3 is 2.62 bits per heavy atom. The summed E-state index contributed by atoms with van der Waals surface area (Å²) in [6, 6.07) is 10.6. The van der Waals surface area contributed by atoms with Crippen molar-refractivity contribution in [1.29, 1.82) is 0 Å². The summed E-state index contributed by atoms with van der Waals surface area (Å²) in [6.07, 6.45) is 2.17. The molecule has 0 unspecified atom stereocenters. The van der Waals surface area contributed by atoms with Crippen molar-refractivity contribution in [2.75, 3.05) is 19.5 Å². The van der Waals surface area contributed by atoms with Gasteiger partial charge < -0.3 is 18.9 Å². The van der Waals surface area contributed by atoms with E-state index in [0.717, 1.165) is 0 Å². The lowest BCUT2D eigenvalue weighted by Gasteiger charge is -2.17. The Morgan fingerprint density at radius 1 is 1.12 bits per heavy atom. The zero-order valence-electron chi connectivity index (χ0n) is 14.1. The van der Waals surface area contributed by atoms with E-state index in [4.69, 9.17) is 18.9 Å². The number of hydrogen-bond donors (Lipinski definition) is 0. The number of esters is 1. The van der Waals surface area contributed by atoms with Crippen LogP contribution >= 0.6 is 11.8 Å². The molecule has 2 fully saturated rings. The molecule has 0 N–H and O–H groups in total. The van der Waals surface area contributed by atoms with Crippen molar-refractivity contribution in [1.82, 2.24) is 9.97 Å². The van der Waals surface area contributed by atoms with Gasteiger partial charge in [0, 0.05) is 12.3 Å². The van der Waals surface area contributed by atoms with Gasteiger partial charge in [0.2, 0.25) is 5.88 Å². The van der Waals surface area contributed by atoms with Gasteiger partial charge in [0.05, 0.1) is 18.8 Å². The number of aromatic nitrogens is 2. The van der Waals surface area contributed by atoms with E-state index in [1.807, 2.05) is 12.3 Å². The molecular formula is C18H18N2O5S. The lowest BCUT2D eigenvalue weighted by atomic mass is 10.1. The molecule has 2 aromatic rings. The van der Waals surface area contributed by atoms with Crippen LogP contribution in [0, 0.1) is 0 Å². The number of fused-ring (bicyclic) bond motifs is 1. The predicted octanol–water partition coefficient (Wildman–Crippen LogP) is 1.97. The minimum Gasteiger partial charge on any atom is -0.469 e. The van der Waals surface area contributed by atoms with Gasteiger partial charge in [0.25, 0.3) is 0 Å². The normalized spacial score (nSPS) is 27.1. The fourth-order valence-electron chi connectivity index (χ4n) is 3.06. The van der Waals surface area contributed by atoms with E-state index >= 15 is 0 Å². The molecule has 26 heavy (non-hydrogen) atoms. The maximum Gasteiger partial charge on any atom is 0.338 e. The van der Waals surface area contributed by atoms with Crippen molar-refractivity contribution < 1.29 is 23.7 Å². The largest absolute Gasteiger partial charge is 0.469 e. The third kappa shape index (κ3) is 3.53. The van der Waals surface area contributed by atoms with Gasteiger partial charge in [-0.05, 0) is 18.4 Å². The second-order valence-electron chi connectivity index (χ2n) is 5.94. The number of carbonyl (C=O) groups is 1. The van der Waals surface area contributed by atoms with Crippen LogP contribution in [-0.2, 0) is 14.2 Å². The van der Waals surface area contributed by atoms with Crippen LogP contribution in [0.2, 0.25) is 0 Å². The van der Waals surface area contributed by atoms with Crippen LogP contribution in [-0.4, -0.2) is 59.8 Å². The third-order valence-electron chi connectivity index (χ3n) is 4.29. The van der Waals surface area contributed by atoms with E-state index in [1.54, 1.807) is 36.5 Å². The van der Waals surface area contributed by atoms with E-state index in [-0.39, 0.29) is 30.9 Å². The lowest BCUT2D eigenvalue weighted by molar-refractivity contribution is -0.0192. The Balaban J connectivity index is 1.38. The van der Waals surface area contributed by atoms with Crippen molar-refractivity contribution >= 4 is 17.7 Å². The molecule has 136 valence electrons. The molecule has 1 aromatic heterocycles. The third-order valence-corrected chi connectivity index (χ3v) is 4.85. The number of nitrogens with zero attached hydrogens (tertiary/aromatic N) is 2. The molecule has 0 amide bonds. The smallest absolute Gasteiger partial charge is 0.338 e. The monoisotopic (exact) mass is 374 g/mol. The van der Waals surface area contributed by atoms with Gasteiger partial charge >= 0.3 is 5.97 Å². The zero-order chi connectivity index (χ0) is 17.9. The SMILES string of the molecule is CSc1nccc(O[C@H]2CO[C@H]3[C@@H]2OC[C@@H]3OC(=O)c2ccccc2)n1. The second-order valence-corrected chi connectivity index (χ2v) is 6.72. The first-order valence-electron chi connectivity index (χ1n) is 8.27. The van der Waals surface area contributed by atoms with Crippen LogP contribution in [0.15, 0.2) is 47.8 Å². The maximum atomic E-state index is 12.2. The van der Waals surface area contributed by atoms with Gasteiger partial charge in [0.1, 0.15) is 12.2 Å². The molecular weight excluding hydrogens is 356 g/mol. The first kappa shape index (κ1) is 17.3. The first-order chi connectivity index (χ1) is 12.7. The summed E-state index contributed by atoms with van der Waals surface area (Å²) in [7, 11) is 0. The summed E-state index contributed by atoms with van der Waals surface area (Å²) in [5.74, 6) is 0.0974. The Labute approximate surface area is 155 Å². The summed E-state index contributed by atoms with van der Waals surface area (Å²) in [6.45, 7) is 0.640. The number of ether oxygens (including phenoxy) is 4. The summed E-state index contributed by atoms with van der Waals surface area (Å²) in [5.41, 5.74) is 0.507. The van der Waals surface area contributed by atoms with Gasteiger partial charge in [-0.15, -0.1) is 0 Å². The number of rotatable bonds is 5. The van der Waals surface area contributed by atoms with Crippen LogP contribution < -0.4 is 4.74 Å². The number of thioether (sulfide) groups is 1. The Hall–Kier alpha value is -2.16. The topological polar surface area (TPSA) is 79.8 Å². The average molecular weight is 374 g/mol. The zero-order valence-corrected chi connectivity index (χ0v) is 14.9. The van der Waals surface area contributed by atoms with Gasteiger partial charge in [-0.25, -0.2) is 9.78 Å². The van der Waals surface area contributed by atoms with Gasteiger partial charge in [-0.1, -0.05) is 30.0 Å². The molecule has 8 heteroatoms. The van der Waals surface area contributed by atoms with Gasteiger partial charge in [-0.2, -0.15) is 4.98 Å². The fraction of sp³-hybridized carbons (Fsp3) is 0.389. The highest BCUT2D eigenvalue weighted by molar-refractivity contribution is 7.98. The van der Waals surface area contributed by atoms with Gasteiger partial charge in [0.15, 0.2) is 17.4 Å². The average Bonchev–Trinajstić information content (AvgIpc) is 3.26. The molecule has 2 saturated heterocycles. The highest BCUT2D eigenvalue weighted by Gasteiger charge is 2.50. The minimum atomic E-state index is -0.450. The number of benzene rings is 1. The van der Waals surface area contributed by atoms with Crippen LogP contribution in [0.4, 0.5) is 0 Å². The minimum absolute atomic E-state index is 0.285. The molecule has 0 radical (unpaired) electrons. The first-order valence-corrected chi connectivity index (χ1v) is 9.50. The van der Waals surface area contributed by atoms with Crippen LogP contribution in [0.5, 0.6) is 5.88 Å². The molecule has 0 aliphatic carbocycles. The van der Waals surface area contributed by atoms with Crippen LogP contribution in [0.25, 0.3) is 0 Å². The van der Waals surface area contributed by atoms with Crippen molar-refractivity contribution in [2.24, 2.45) is 0 Å². The Morgan fingerprint density at radius 2 is 1.85 bits per heavy atom. The quantitative estimate of drug-likeness (QED) is 0.446. The van der Waals surface area contributed by atoms with E-state index in [1.165, 1.54) is 11.8 Å². The molecule has 0 spiro atoms. The molecule has 2 aliphatic rings. The van der Waals surface area contributed by atoms with E-state index in [2.05, 4.69) is 9.97 Å². The van der Waals surface area contributed by atoms with E-state index in [0.29, 0.717) is 23.2 Å². The molecule has 3 heterocycles. The summed E-state index contributed by atoms with van der Waals surface area (Å²) in [5, 5.41) is 0.639. The second kappa shape index (κ2) is 7.61. The molecule has 0 bridgehead atoms. The fourth-order valence-corrected chi connectivity index (χ4v) is 3.40. The van der Waals surface area contributed by atoms with Gasteiger partial charge in [-0.3, -0.25) is 0 Å². The standard InChI is InChI=1S/C18H18N2O5S/c1-26-18-19-8-7-14(20-18)24-12-9-22-16-13(10-23-15(12)16)25-17(21)11-5-3-2-4-6-11/h2-8,12-13,15-16H,9-10H2,1H3/t12-,13-,15+,16+/m0/s1. The molecule has 0 saturated carbocycles. The summed E-state index contributed by atoms with van der Waals surface area (Å²) >= 11 is 1.44. The highest BCUT2D eigenvalue weighted by Crippen LogP contribution is 2.31. The highest BCUT2D eigenvalue weighted by atomic mass is 32.2. The predicted molar refractivity (Wildman–Crippen MR) is 93.4 cm³/mol. The van der Waals surface area contributed by atoms with E-state index < -0.39 is 6.10 Å². The Kier molecular flexibility index (Phi) is 5.05. The molecule has 7 nitrogen and oxygen atoms in total. The van der Waals surface area contributed by atoms with Crippen molar-refractivity contribution in [3.63, 3.8) is 0 Å². The van der Waals surface area contributed by atoms with Crippen LogP contribution in [0.3, 0.4) is 0 Å². The Bertz CT molecular complexity index is 775. The maximum absolute atomic E-state index is 12.2. The number of carbonyl (C=O) groups excluding carboxylic acids is 1.